The number of amidine groups is 1. The van der Waals surface area contributed by atoms with E-state index in [0.717, 1.165) is 0 Å². The minimum atomic E-state index is -0.563. The number of nitrogens with zero attached hydrogens (tertiary/aromatic N) is 5. The molecule has 1 saturated heterocycles. The van der Waals surface area contributed by atoms with Crippen LogP contribution in [-0.2, 0) is 9.59 Å². The van der Waals surface area contributed by atoms with Gasteiger partial charge in [0, 0.05) is 39.6 Å². The van der Waals surface area contributed by atoms with E-state index in [9.17, 15) is 19.2 Å². The average Bonchev–Trinajstić information content (AvgIpc) is 3.15. The monoisotopic (exact) mass is 483 g/mol. The fourth-order valence-electron chi connectivity index (χ4n) is 2.71. The Morgan fingerprint density at radius 2 is 2.13 bits per heavy atom. The van der Waals surface area contributed by atoms with Gasteiger partial charge >= 0.3 is 11.8 Å². The number of amides is 2. The fraction of sp³-hybridized carbons (Fsp3) is 0.353. The van der Waals surface area contributed by atoms with Gasteiger partial charge in [-0.25, -0.2) is 14.0 Å². The van der Waals surface area contributed by atoms with E-state index in [1.165, 1.54) is 42.1 Å². The Labute approximate surface area is 179 Å². The minimum Gasteiger partial charge on any atom is -0.365 e. The first-order valence-corrected chi connectivity index (χ1v) is 9.60. The molecule has 160 valence electrons. The Hall–Kier alpha value is -3.06. The van der Waals surface area contributed by atoms with Gasteiger partial charge in [-0.2, -0.15) is 0 Å². The fourth-order valence-corrected chi connectivity index (χ4v) is 3.07. The van der Waals surface area contributed by atoms with E-state index in [-0.39, 0.29) is 27.7 Å². The normalized spacial score (nSPS) is 14.3. The smallest absolute Gasteiger partial charge is 0.312 e. The van der Waals surface area contributed by atoms with E-state index in [2.05, 4.69) is 36.6 Å². The zero-order chi connectivity index (χ0) is 21.8. The number of aliphatic imine (C=N–C) groups is 1. The molecule has 30 heavy (non-hydrogen) atoms. The second kappa shape index (κ2) is 9.17. The number of hydroxylamine groups is 1. The number of anilines is 1. The molecule has 1 aliphatic rings. The molecule has 1 aliphatic heterocycles. The molecule has 0 radical (unpaired) electrons. The molecule has 13 heteroatoms. The second-order valence-electron chi connectivity index (χ2n) is 6.79. The first-order valence-electron chi connectivity index (χ1n) is 8.81. The van der Waals surface area contributed by atoms with Crippen LogP contribution in [0.4, 0.5) is 15.9 Å². The van der Waals surface area contributed by atoms with Gasteiger partial charge in [0.1, 0.15) is 5.82 Å². The minimum absolute atomic E-state index is 0.0562. The van der Waals surface area contributed by atoms with Crippen molar-refractivity contribution in [2.45, 2.75) is 0 Å². The van der Waals surface area contributed by atoms with Crippen molar-refractivity contribution in [3.8, 4) is 0 Å². The molecule has 0 spiro atoms. The molecule has 2 aromatic rings. The summed E-state index contributed by atoms with van der Waals surface area (Å²) >= 11 is 3.07. The van der Waals surface area contributed by atoms with E-state index in [1.54, 1.807) is 0 Å². The van der Waals surface area contributed by atoms with Gasteiger partial charge in [-0.1, -0.05) is 0 Å². The molecule has 1 aromatic carbocycles. The summed E-state index contributed by atoms with van der Waals surface area (Å²) in [7, 11) is 3.05. The maximum absolute atomic E-state index is 13.4. The zero-order valence-corrected chi connectivity index (χ0v) is 17.7. The Morgan fingerprint density at radius 3 is 2.77 bits per heavy atom. The molecule has 3 rings (SSSR count). The average molecular weight is 484 g/mol. The third kappa shape index (κ3) is 4.74. The number of likely N-dealkylation sites (N-methyl/N-ethyl adjacent to an activating group) is 1. The zero-order valence-electron chi connectivity index (χ0n) is 16.1. The highest BCUT2D eigenvalue weighted by molar-refractivity contribution is 9.10. The van der Waals surface area contributed by atoms with Gasteiger partial charge in [0.25, 0.3) is 0 Å². The lowest BCUT2D eigenvalue weighted by Crippen LogP contribution is -2.56. The number of hydrogen-bond donors (Lipinski definition) is 3. The molecule has 2 heterocycles. The van der Waals surface area contributed by atoms with Crippen molar-refractivity contribution in [2.75, 3.05) is 39.0 Å². The molecule has 1 fully saturated rings. The molecule has 3 N–H and O–H groups in total. The standard InChI is InChI=1S/C17H19BrFN7O4/c1-25(2)16(27)17(28)26-7-9(8-26)6-20-14-13(23-30-24-14)15(22-29)21-10-3-4-12(19)11(18)5-10/h3-5,9,29H,6-8H2,1-2H3,(H,20,24)(H,21,22). The van der Waals surface area contributed by atoms with E-state index in [1.807, 2.05) is 5.48 Å². The Morgan fingerprint density at radius 1 is 1.40 bits per heavy atom. The number of carbonyl (C=O) groups is 2. The quantitative estimate of drug-likeness (QED) is 0.248. The van der Waals surface area contributed by atoms with Crippen LogP contribution in [0.1, 0.15) is 5.69 Å². The first-order chi connectivity index (χ1) is 14.3. The molecule has 11 nitrogen and oxygen atoms in total. The highest BCUT2D eigenvalue weighted by Crippen LogP contribution is 2.23. The second-order valence-corrected chi connectivity index (χ2v) is 7.64. The van der Waals surface area contributed by atoms with E-state index in [0.29, 0.717) is 25.3 Å². The van der Waals surface area contributed by atoms with Crippen LogP contribution in [0.5, 0.6) is 0 Å². The number of nitrogens with one attached hydrogen (secondary N) is 2. The van der Waals surface area contributed by atoms with E-state index < -0.39 is 17.6 Å². The summed E-state index contributed by atoms with van der Waals surface area (Å²) in [5.41, 5.74) is 2.40. The Kier molecular flexibility index (Phi) is 6.62. The molecule has 1 aromatic heterocycles. The van der Waals surface area contributed by atoms with Crippen molar-refractivity contribution in [3.05, 3.63) is 34.2 Å². The van der Waals surface area contributed by atoms with Crippen molar-refractivity contribution in [1.82, 2.24) is 25.6 Å². The third-order valence-corrected chi connectivity index (χ3v) is 4.96. The van der Waals surface area contributed by atoms with Crippen molar-refractivity contribution in [3.63, 3.8) is 0 Å². The summed E-state index contributed by atoms with van der Waals surface area (Å²) < 4.78 is 18.3. The van der Waals surface area contributed by atoms with Gasteiger partial charge in [0.15, 0.2) is 11.5 Å². The molecule has 2 amide bonds. The number of halogens is 2. The largest absolute Gasteiger partial charge is 0.365 e. The lowest BCUT2D eigenvalue weighted by Gasteiger charge is -2.39. The number of aromatic nitrogens is 2. The van der Waals surface area contributed by atoms with Crippen LogP contribution in [0.2, 0.25) is 0 Å². The summed E-state index contributed by atoms with van der Waals surface area (Å²) in [5.74, 6) is -1.27. The summed E-state index contributed by atoms with van der Waals surface area (Å²) in [6.07, 6.45) is 0. The van der Waals surface area contributed by atoms with Crippen LogP contribution in [0.25, 0.3) is 0 Å². The van der Waals surface area contributed by atoms with Gasteiger partial charge in [-0.05, 0) is 44.4 Å². The summed E-state index contributed by atoms with van der Waals surface area (Å²) in [6, 6.07) is 4.08. The lowest BCUT2D eigenvalue weighted by molar-refractivity contribution is -0.154. The first kappa shape index (κ1) is 21.6. The topological polar surface area (TPSA) is 136 Å². The highest BCUT2D eigenvalue weighted by atomic mass is 79.9. The lowest BCUT2D eigenvalue weighted by atomic mass is 10.00. The Bertz CT molecular complexity index is 975. The summed E-state index contributed by atoms with van der Waals surface area (Å²) in [5, 5.41) is 20.0. The molecule has 0 bridgehead atoms. The predicted octanol–water partition coefficient (Wildman–Crippen LogP) is 0.987. The third-order valence-electron chi connectivity index (χ3n) is 4.35. The molecule has 0 atom stereocenters. The number of benzene rings is 1. The summed E-state index contributed by atoms with van der Waals surface area (Å²) in [4.78, 5) is 30.5. The van der Waals surface area contributed by atoms with Gasteiger partial charge in [0.05, 0.1) is 10.2 Å². The van der Waals surface area contributed by atoms with Crippen molar-refractivity contribution >= 4 is 45.1 Å². The number of rotatable bonds is 5. The van der Waals surface area contributed by atoms with Gasteiger partial charge in [-0.3, -0.25) is 20.3 Å². The highest BCUT2D eigenvalue weighted by Gasteiger charge is 2.34. The molecular formula is C17H19BrFN7O4. The van der Waals surface area contributed by atoms with Crippen LogP contribution in [0.3, 0.4) is 0 Å². The van der Waals surface area contributed by atoms with Gasteiger partial charge < -0.3 is 15.1 Å². The Balaban J connectivity index is 1.61. The van der Waals surface area contributed by atoms with Crippen LogP contribution in [-0.4, -0.2) is 76.7 Å². The molecule has 0 saturated carbocycles. The molecular weight excluding hydrogens is 465 g/mol. The number of carbonyl (C=O) groups excluding carboxylic acids is 2. The van der Waals surface area contributed by atoms with Gasteiger partial charge in [-0.15, -0.1) is 0 Å². The maximum Gasteiger partial charge on any atom is 0.312 e. The summed E-state index contributed by atoms with van der Waals surface area (Å²) in [6.45, 7) is 1.28. The number of hydrogen-bond acceptors (Lipinski definition) is 8. The number of likely N-dealkylation sites (tertiary alicyclic amines) is 1. The molecule has 0 unspecified atom stereocenters. The SMILES string of the molecule is CN(C)C(=O)C(=O)N1CC(CNc2nonc2C(=Nc2ccc(F)c(Br)c2)NO)C1. The van der Waals surface area contributed by atoms with Crippen LogP contribution in [0.15, 0.2) is 32.3 Å². The van der Waals surface area contributed by atoms with Crippen molar-refractivity contribution < 1.29 is 23.8 Å². The predicted molar refractivity (Wildman–Crippen MR) is 107 cm³/mol. The van der Waals surface area contributed by atoms with Crippen molar-refractivity contribution in [1.29, 1.82) is 0 Å². The molecule has 0 aliphatic carbocycles. The van der Waals surface area contributed by atoms with E-state index in [4.69, 9.17) is 4.63 Å². The van der Waals surface area contributed by atoms with Crippen LogP contribution in [0, 0.1) is 11.7 Å². The van der Waals surface area contributed by atoms with Gasteiger partial charge in [0.2, 0.25) is 5.82 Å². The van der Waals surface area contributed by atoms with E-state index >= 15 is 0 Å². The maximum atomic E-state index is 13.4. The van der Waals surface area contributed by atoms with Crippen molar-refractivity contribution in [2.24, 2.45) is 10.9 Å². The van der Waals surface area contributed by atoms with Crippen LogP contribution < -0.4 is 10.8 Å². The van der Waals surface area contributed by atoms with Crippen LogP contribution >= 0.6 is 15.9 Å².